The molecule has 0 unspecified atom stereocenters. The minimum Gasteiger partial charge on any atom is -0.378 e. The van der Waals surface area contributed by atoms with Crippen LogP contribution in [0.25, 0.3) is 5.69 Å². The fourth-order valence-electron chi connectivity index (χ4n) is 2.34. The van der Waals surface area contributed by atoms with Crippen LogP contribution in [0.5, 0.6) is 0 Å². The van der Waals surface area contributed by atoms with Crippen molar-refractivity contribution in [2.45, 2.75) is 6.92 Å². The van der Waals surface area contributed by atoms with Gasteiger partial charge in [-0.15, -0.1) is 5.10 Å². The number of anilines is 3. The molecular formula is C17H17F2N5. The van der Waals surface area contributed by atoms with Gasteiger partial charge in [0.2, 0.25) is 5.95 Å². The fraction of sp³-hybridized carbons (Fsp3) is 0.176. The van der Waals surface area contributed by atoms with Crippen LogP contribution in [0.4, 0.5) is 26.1 Å². The van der Waals surface area contributed by atoms with Gasteiger partial charge in [0.05, 0.1) is 5.69 Å². The van der Waals surface area contributed by atoms with E-state index in [0.29, 0.717) is 5.95 Å². The Morgan fingerprint density at radius 3 is 2.38 bits per heavy atom. The predicted molar refractivity (Wildman–Crippen MR) is 90.1 cm³/mol. The van der Waals surface area contributed by atoms with Crippen LogP contribution < -0.4 is 10.2 Å². The Morgan fingerprint density at radius 2 is 1.71 bits per heavy atom. The molecule has 0 aliphatic carbocycles. The van der Waals surface area contributed by atoms with Crippen molar-refractivity contribution in [3.63, 3.8) is 0 Å². The number of halogens is 2. The van der Waals surface area contributed by atoms with Crippen LogP contribution in [0.15, 0.2) is 42.7 Å². The lowest BCUT2D eigenvalue weighted by Crippen LogP contribution is -2.09. The monoisotopic (exact) mass is 329 g/mol. The summed E-state index contributed by atoms with van der Waals surface area (Å²) in [6, 6.07) is 9.20. The molecule has 1 aromatic heterocycles. The molecule has 0 aliphatic heterocycles. The van der Waals surface area contributed by atoms with Crippen LogP contribution in [0.3, 0.4) is 0 Å². The van der Waals surface area contributed by atoms with Crippen molar-refractivity contribution in [1.82, 2.24) is 14.8 Å². The molecular weight excluding hydrogens is 312 g/mol. The Hall–Kier alpha value is -2.96. The second-order valence-electron chi connectivity index (χ2n) is 5.72. The molecule has 0 atom stereocenters. The molecule has 0 fully saturated rings. The van der Waals surface area contributed by atoms with Crippen molar-refractivity contribution < 1.29 is 8.78 Å². The maximum atomic E-state index is 13.3. The fourth-order valence-corrected chi connectivity index (χ4v) is 2.34. The number of nitrogens with zero attached hydrogens (tertiary/aromatic N) is 4. The van der Waals surface area contributed by atoms with Gasteiger partial charge in [-0.1, -0.05) is 0 Å². The zero-order chi connectivity index (χ0) is 17.3. The Kier molecular flexibility index (Phi) is 4.16. The van der Waals surface area contributed by atoms with Crippen molar-refractivity contribution in [3.05, 3.63) is 59.9 Å². The van der Waals surface area contributed by atoms with Crippen molar-refractivity contribution in [3.8, 4) is 5.69 Å². The summed E-state index contributed by atoms with van der Waals surface area (Å²) in [5.74, 6) is -0.983. The SMILES string of the molecule is Cc1cc(Nc2ncn(-c3cc(F)cc(F)c3)n2)cc(N(C)C)c1. The van der Waals surface area contributed by atoms with Crippen molar-refractivity contribution in [1.29, 1.82) is 0 Å². The van der Waals surface area contributed by atoms with Crippen molar-refractivity contribution in [2.75, 3.05) is 24.3 Å². The largest absolute Gasteiger partial charge is 0.378 e. The molecule has 1 heterocycles. The van der Waals surface area contributed by atoms with Gasteiger partial charge in [0.25, 0.3) is 0 Å². The lowest BCUT2D eigenvalue weighted by atomic mass is 10.2. The number of aryl methyl sites for hydroxylation is 1. The number of rotatable bonds is 4. The molecule has 0 saturated heterocycles. The average Bonchev–Trinajstić information content (AvgIpc) is 2.94. The molecule has 0 amide bonds. The number of aromatic nitrogens is 3. The van der Waals surface area contributed by atoms with Gasteiger partial charge in [0.1, 0.15) is 18.0 Å². The van der Waals surface area contributed by atoms with E-state index in [4.69, 9.17) is 0 Å². The van der Waals surface area contributed by atoms with Gasteiger partial charge in [0, 0.05) is 31.5 Å². The Bertz CT molecular complexity index is 853. The first kappa shape index (κ1) is 15.9. The van der Waals surface area contributed by atoms with E-state index in [1.165, 1.54) is 23.1 Å². The van der Waals surface area contributed by atoms with E-state index in [2.05, 4.69) is 21.5 Å². The minimum absolute atomic E-state index is 0.270. The third kappa shape index (κ3) is 3.51. The quantitative estimate of drug-likeness (QED) is 0.793. The standard InChI is InChI=1S/C17H17F2N5/c1-11-4-14(9-15(5-11)23(2)3)21-17-20-10-24(22-17)16-7-12(18)6-13(19)8-16/h4-10H,1-3H3,(H,21,22). The van der Waals surface area contributed by atoms with Gasteiger partial charge < -0.3 is 10.2 Å². The van der Waals surface area contributed by atoms with Gasteiger partial charge in [0.15, 0.2) is 0 Å². The topological polar surface area (TPSA) is 46.0 Å². The second kappa shape index (κ2) is 6.27. The van der Waals surface area contributed by atoms with Crippen LogP contribution in [-0.4, -0.2) is 28.9 Å². The number of benzene rings is 2. The molecule has 3 aromatic rings. The van der Waals surface area contributed by atoms with Crippen LogP contribution >= 0.6 is 0 Å². The van der Waals surface area contributed by atoms with E-state index >= 15 is 0 Å². The highest BCUT2D eigenvalue weighted by atomic mass is 19.1. The minimum atomic E-state index is -0.663. The number of hydrogen-bond donors (Lipinski definition) is 1. The maximum Gasteiger partial charge on any atom is 0.246 e. The summed E-state index contributed by atoms with van der Waals surface area (Å²) in [5, 5.41) is 7.31. The van der Waals surface area contributed by atoms with E-state index in [0.717, 1.165) is 23.0 Å². The lowest BCUT2D eigenvalue weighted by molar-refractivity contribution is 0.580. The lowest BCUT2D eigenvalue weighted by Gasteiger charge is -2.15. The second-order valence-corrected chi connectivity index (χ2v) is 5.72. The van der Waals surface area contributed by atoms with Crippen LogP contribution in [0.1, 0.15) is 5.56 Å². The summed E-state index contributed by atoms with van der Waals surface area (Å²) in [6.07, 6.45) is 1.40. The molecule has 5 nitrogen and oxygen atoms in total. The molecule has 0 radical (unpaired) electrons. The van der Waals surface area contributed by atoms with E-state index in [9.17, 15) is 8.78 Å². The highest BCUT2D eigenvalue weighted by Crippen LogP contribution is 2.23. The van der Waals surface area contributed by atoms with Gasteiger partial charge in [-0.25, -0.2) is 13.5 Å². The van der Waals surface area contributed by atoms with Crippen molar-refractivity contribution >= 4 is 17.3 Å². The molecule has 0 spiro atoms. The van der Waals surface area contributed by atoms with Crippen molar-refractivity contribution in [2.24, 2.45) is 0 Å². The Balaban J connectivity index is 1.86. The Morgan fingerprint density at radius 1 is 1.00 bits per heavy atom. The first-order chi connectivity index (χ1) is 11.4. The predicted octanol–water partition coefficient (Wildman–Crippen LogP) is 3.66. The third-order valence-electron chi connectivity index (χ3n) is 3.44. The maximum absolute atomic E-state index is 13.3. The molecule has 3 rings (SSSR count). The summed E-state index contributed by atoms with van der Waals surface area (Å²) in [5.41, 5.74) is 3.24. The molecule has 2 aromatic carbocycles. The third-order valence-corrected chi connectivity index (χ3v) is 3.44. The summed E-state index contributed by atoms with van der Waals surface area (Å²) in [4.78, 5) is 6.13. The van der Waals surface area contributed by atoms with E-state index in [-0.39, 0.29) is 5.69 Å². The summed E-state index contributed by atoms with van der Waals surface area (Å²) in [6.45, 7) is 2.00. The molecule has 0 aliphatic rings. The number of hydrogen-bond acceptors (Lipinski definition) is 4. The van der Waals surface area contributed by atoms with E-state index in [1.807, 2.05) is 38.1 Å². The first-order valence-corrected chi connectivity index (χ1v) is 7.35. The van der Waals surface area contributed by atoms with Crippen LogP contribution in [0, 0.1) is 18.6 Å². The average molecular weight is 329 g/mol. The zero-order valence-electron chi connectivity index (χ0n) is 13.6. The smallest absolute Gasteiger partial charge is 0.246 e. The van der Waals surface area contributed by atoms with Crippen LogP contribution in [0.2, 0.25) is 0 Å². The van der Waals surface area contributed by atoms with Gasteiger partial charge in [-0.3, -0.25) is 0 Å². The molecule has 0 bridgehead atoms. The van der Waals surface area contributed by atoms with Gasteiger partial charge in [-0.2, -0.15) is 4.98 Å². The molecule has 124 valence electrons. The zero-order valence-corrected chi connectivity index (χ0v) is 13.6. The summed E-state index contributed by atoms with van der Waals surface area (Å²) < 4.78 is 27.9. The normalized spacial score (nSPS) is 10.7. The van der Waals surface area contributed by atoms with Crippen LogP contribution in [-0.2, 0) is 0 Å². The van der Waals surface area contributed by atoms with Gasteiger partial charge in [-0.05, 0) is 42.8 Å². The highest BCUT2D eigenvalue weighted by molar-refractivity contribution is 5.63. The summed E-state index contributed by atoms with van der Waals surface area (Å²) in [7, 11) is 3.92. The molecule has 24 heavy (non-hydrogen) atoms. The molecule has 7 heteroatoms. The van der Waals surface area contributed by atoms with Gasteiger partial charge >= 0.3 is 0 Å². The van der Waals surface area contributed by atoms with E-state index in [1.54, 1.807) is 0 Å². The first-order valence-electron chi connectivity index (χ1n) is 7.35. The molecule has 0 saturated carbocycles. The number of nitrogens with one attached hydrogen (secondary N) is 1. The van der Waals surface area contributed by atoms with E-state index < -0.39 is 11.6 Å². The summed E-state index contributed by atoms with van der Waals surface area (Å²) >= 11 is 0. The highest BCUT2D eigenvalue weighted by Gasteiger charge is 2.08. The molecule has 1 N–H and O–H groups in total. The Labute approximate surface area is 138 Å².